The van der Waals surface area contributed by atoms with E-state index in [2.05, 4.69) is 26.8 Å². The van der Waals surface area contributed by atoms with Crippen LogP contribution in [0.2, 0.25) is 0 Å². The van der Waals surface area contributed by atoms with Gasteiger partial charge in [-0.15, -0.1) is 0 Å². The first kappa shape index (κ1) is 13.3. The molecule has 1 aliphatic carbocycles. The van der Waals surface area contributed by atoms with Crippen molar-refractivity contribution in [3.63, 3.8) is 0 Å². The summed E-state index contributed by atoms with van der Waals surface area (Å²) >= 11 is 0. The lowest BCUT2D eigenvalue weighted by Crippen LogP contribution is -2.34. The van der Waals surface area contributed by atoms with E-state index in [1.165, 1.54) is 12.8 Å². The summed E-state index contributed by atoms with van der Waals surface area (Å²) < 4.78 is 2.02. The second-order valence-corrected chi connectivity index (χ2v) is 6.31. The van der Waals surface area contributed by atoms with Gasteiger partial charge < -0.3 is 10.3 Å². The highest BCUT2D eigenvalue weighted by Gasteiger charge is 2.26. The fourth-order valence-corrected chi connectivity index (χ4v) is 2.89. The zero-order valence-corrected chi connectivity index (χ0v) is 11.7. The normalized spacial score (nSPS) is 17.3. The zero-order chi connectivity index (χ0) is 13.3. The van der Waals surface area contributed by atoms with Crippen LogP contribution in [0.15, 0.2) is 16.9 Å². The third-order valence-electron chi connectivity index (χ3n) is 3.87. The Labute approximate surface area is 109 Å². The lowest BCUT2D eigenvalue weighted by Gasteiger charge is -2.28. The fourth-order valence-electron chi connectivity index (χ4n) is 2.89. The largest absolute Gasteiger partial charge is 0.326 e. The topological polar surface area (TPSA) is 48.0 Å². The maximum atomic E-state index is 12.5. The van der Waals surface area contributed by atoms with Gasteiger partial charge in [0.2, 0.25) is 0 Å². The predicted molar refractivity (Wildman–Crippen MR) is 74.8 cm³/mol. The fraction of sp³-hybridized carbons (Fsp3) is 0.667. The number of rotatable bonds is 2. The molecule has 0 radical (unpaired) electrons. The van der Waals surface area contributed by atoms with Gasteiger partial charge >= 0.3 is 0 Å². The van der Waals surface area contributed by atoms with Gasteiger partial charge in [-0.3, -0.25) is 4.79 Å². The van der Waals surface area contributed by atoms with Crippen LogP contribution in [0.25, 0.3) is 0 Å². The number of hydrogen-bond donors (Lipinski definition) is 1. The summed E-state index contributed by atoms with van der Waals surface area (Å²) in [5, 5.41) is 0. The van der Waals surface area contributed by atoms with Gasteiger partial charge in [-0.2, -0.15) is 0 Å². The van der Waals surface area contributed by atoms with E-state index in [9.17, 15) is 4.79 Å². The highest BCUT2D eigenvalue weighted by molar-refractivity contribution is 5.22. The van der Waals surface area contributed by atoms with Crippen molar-refractivity contribution in [2.24, 2.45) is 5.73 Å². The van der Waals surface area contributed by atoms with Gasteiger partial charge in [0.15, 0.2) is 0 Å². The molecule has 3 nitrogen and oxygen atoms in total. The summed E-state index contributed by atoms with van der Waals surface area (Å²) in [5.41, 5.74) is 7.65. The Morgan fingerprint density at radius 2 is 1.89 bits per heavy atom. The smallest absolute Gasteiger partial charge is 0.255 e. The molecule has 0 bridgehead atoms. The molecule has 2 rings (SSSR count). The average Bonchev–Trinajstić information content (AvgIpc) is 2.80. The Morgan fingerprint density at radius 3 is 2.39 bits per heavy atom. The van der Waals surface area contributed by atoms with Crippen molar-refractivity contribution in [2.75, 3.05) is 0 Å². The highest BCUT2D eigenvalue weighted by Crippen LogP contribution is 2.32. The second kappa shape index (κ2) is 4.88. The van der Waals surface area contributed by atoms with Crippen LogP contribution in [0.1, 0.15) is 63.8 Å². The van der Waals surface area contributed by atoms with E-state index in [4.69, 9.17) is 5.73 Å². The van der Waals surface area contributed by atoms with Crippen LogP contribution in [-0.2, 0) is 12.0 Å². The minimum atomic E-state index is -0.00508. The molecule has 0 spiro atoms. The first-order valence-electron chi connectivity index (χ1n) is 6.90. The number of nitrogens with two attached hydrogens (primary N) is 1. The van der Waals surface area contributed by atoms with Crippen LogP contribution >= 0.6 is 0 Å². The molecule has 0 atom stereocenters. The summed E-state index contributed by atoms with van der Waals surface area (Å²) in [6, 6.07) is 4.36. The molecule has 1 heterocycles. The Hall–Kier alpha value is -1.09. The summed E-state index contributed by atoms with van der Waals surface area (Å²) in [6.07, 6.45) is 4.70. The molecular formula is C15H24N2O. The van der Waals surface area contributed by atoms with Crippen molar-refractivity contribution in [1.82, 2.24) is 4.57 Å². The Kier molecular flexibility index (Phi) is 3.62. The lowest BCUT2D eigenvalue weighted by atomic mass is 9.90. The zero-order valence-electron chi connectivity index (χ0n) is 11.7. The number of nitrogens with zero attached hydrogens (tertiary/aromatic N) is 1. The third kappa shape index (κ3) is 2.37. The van der Waals surface area contributed by atoms with Crippen LogP contribution in [0.4, 0.5) is 0 Å². The van der Waals surface area contributed by atoms with Gasteiger partial charge in [-0.25, -0.2) is 0 Å². The molecule has 1 aromatic rings. The first-order valence-corrected chi connectivity index (χ1v) is 6.90. The number of hydrogen-bond acceptors (Lipinski definition) is 2. The summed E-state index contributed by atoms with van der Waals surface area (Å²) in [7, 11) is 0. The van der Waals surface area contributed by atoms with Gasteiger partial charge in [0, 0.05) is 29.3 Å². The van der Waals surface area contributed by atoms with Crippen LogP contribution in [0, 0.1) is 0 Å². The monoisotopic (exact) mass is 248 g/mol. The Balaban J connectivity index is 2.60. The molecule has 3 heteroatoms. The van der Waals surface area contributed by atoms with Crippen molar-refractivity contribution >= 4 is 0 Å². The van der Waals surface area contributed by atoms with E-state index in [-0.39, 0.29) is 11.0 Å². The van der Waals surface area contributed by atoms with Gasteiger partial charge in [-0.1, -0.05) is 39.7 Å². The molecular weight excluding hydrogens is 224 g/mol. The molecule has 18 heavy (non-hydrogen) atoms. The molecule has 100 valence electrons. The second-order valence-electron chi connectivity index (χ2n) is 6.31. The van der Waals surface area contributed by atoms with Crippen molar-refractivity contribution in [3.05, 3.63) is 33.7 Å². The van der Waals surface area contributed by atoms with Gasteiger partial charge in [-0.05, 0) is 18.9 Å². The standard InChI is InChI=1S/C15H24N2O/c1-15(2,3)13-9-8-11(10-16)14(18)17(13)12-6-4-5-7-12/h8-9,12H,4-7,10,16H2,1-3H3. The minimum absolute atomic E-state index is 0.00508. The Bertz CT molecular complexity index is 476. The van der Waals surface area contributed by atoms with E-state index < -0.39 is 0 Å². The van der Waals surface area contributed by atoms with E-state index >= 15 is 0 Å². The van der Waals surface area contributed by atoms with E-state index in [1.807, 2.05) is 10.6 Å². The maximum Gasteiger partial charge on any atom is 0.255 e. The molecule has 0 aliphatic heterocycles. The van der Waals surface area contributed by atoms with E-state index in [0.717, 1.165) is 24.1 Å². The highest BCUT2D eigenvalue weighted by atomic mass is 16.1. The molecule has 2 N–H and O–H groups in total. The number of aromatic nitrogens is 1. The summed E-state index contributed by atoms with van der Waals surface area (Å²) in [4.78, 5) is 12.5. The van der Waals surface area contributed by atoms with Crippen molar-refractivity contribution < 1.29 is 0 Å². The maximum absolute atomic E-state index is 12.5. The van der Waals surface area contributed by atoms with E-state index in [1.54, 1.807) is 0 Å². The van der Waals surface area contributed by atoms with Gasteiger partial charge in [0.1, 0.15) is 0 Å². The molecule has 0 aromatic carbocycles. The SMILES string of the molecule is CC(C)(C)c1ccc(CN)c(=O)n1C1CCCC1. The lowest BCUT2D eigenvalue weighted by molar-refractivity contribution is 0.429. The average molecular weight is 248 g/mol. The van der Waals surface area contributed by atoms with Crippen LogP contribution in [-0.4, -0.2) is 4.57 Å². The van der Waals surface area contributed by atoms with Crippen molar-refractivity contribution in [3.8, 4) is 0 Å². The molecule has 1 aliphatic rings. The van der Waals surface area contributed by atoms with Gasteiger partial charge in [0.25, 0.3) is 5.56 Å². The van der Waals surface area contributed by atoms with Crippen LogP contribution in [0.3, 0.4) is 0 Å². The molecule has 0 saturated heterocycles. The molecule has 1 aromatic heterocycles. The van der Waals surface area contributed by atoms with Crippen LogP contribution < -0.4 is 11.3 Å². The third-order valence-corrected chi connectivity index (χ3v) is 3.87. The number of pyridine rings is 1. The first-order chi connectivity index (χ1) is 8.45. The summed E-state index contributed by atoms with van der Waals surface area (Å²) in [5.74, 6) is 0. The van der Waals surface area contributed by atoms with Crippen molar-refractivity contribution in [1.29, 1.82) is 0 Å². The molecule has 1 fully saturated rings. The molecule has 0 amide bonds. The minimum Gasteiger partial charge on any atom is -0.326 e. The van der Waals surface area contributed by atoms with E-state index in [0.29, 0.717) is 12.6 Å². The summed E-state index contributed by atoms with van der Waals surface area (Å²) in [6.45, 7) is 6.82. The van der Waals surface area contributed by atoms with Crippen molar-refractivity contribution in [2.45, 2.75) is 64.5 Å². The quantitative estimate of drug-likeness (QED) is 0.874. The Morgan fingerprint density at radius 1 is 1.28 bits per heavy atom. The molecule has 1 saturated carbocycles. The van der Waals surface area contributed by atoms with Gasteiger partial charge in [0.05, 0.1) is 0 Å². The predicted octanol–water partition coefficient (Wildman–Crippen LogP) is 2.72. The van der Waals surface area contributed by atoms with Crippen LogP contribution in [0.5, 0.6) is 0 Å². The molecule has 0 unspecified atom stereocenters.